The molecule has 0 aromatic heterocycles. The van der Waals surface area contributed by atoms with Crippen molar-refractivity contribution in [2.75, 3.05) is 0 Å². The summed E-state index contributed by atoms with van der Waals surface area (Å²) in [6.07, 6.45) is 1.34. The molecular weight excluding hydrogens is 235 g/mol. The molecule has 0 amide bonds. The fourth-order valence-electron chi connectivity index (χ4n) is 1.41. The van der Waals surface area contributed by atoms with Gasteiger partial charge in [-0.1, -0.05) is 22.0 Å². The summed E-state index contributed by atoms with van der Waals surface area (Å²) in [5.74, 6) is -0.283. The van der Waals surface area contributed by atoms with Crippen molar-refractivity contribution >= 4 is 15.9 Å². The first-order valence-electron chi connectivity index (χ1n) is 4.22. The van der Waals surface area contributed by atoms with Gasteiger partial charge in [0.15, 0.2) is 0 Å². The van der Waals surface area contributed by atoms with Crippen molar-refractivity contribution in [3.63, 3.8) is 0 Å². The van der Waals surface area contributed by atoms with Crippen molar-refractivity contribution < 1.29 is 9.50 Å². The second-order valence-corrected chi connectivity index (χ2v) is 4.42. The number of aliphatic hydroxyl groups is 1. The van der Waals surface area contributed by atoms with E-state index < -0.39 is 5.60 Å². The summed E-state index contributed by atoms with van der Waals surface area (Å²) in [6.45, 7) is 1.70. The third-order valence-electron chi connectivity index (χ3n) is 2.55. The zero-order valence-corrected chi connectivity index (χ0v) is 8.86. The van der Waals surface area contributed by atoms with Crippen LogP contribution in [0.1, 0.15) is 24.0 Å². The van der Waals surface area contributed by atoms with E-state index in [-0.39, 0.29) is 5.82 Å². The number of halogens is 2. The highest BCUT2D eigenvalue weighted by Gasteiger charge is 2.44. The fourth-order valence-corrected chi connectivity index (χ4v) is 1.71. The van der Waals surface area contributed by atoms with Crippen LogP contribution >= 0.6 is 15.9 Å². The van der Waals surface area contributed by atoms with Crippen LogP contribution in [0.3, 0.4) is 0 Å². The number of rotatable bonds is 1. The summed E-state index contributed by atoms with van der Waals surface area (Å²) in [5, 5.41) is 9.74. The predicted molar refractivity (Wildman–Crippen MR) is 52.0 cm³/mol. The molecule has 1 saturated carbocycles. The van der Waals surface area contributed by atoms with Gasteiger partial charge in [-0.3, -0.25) is 0 Å². The van der Waals surface area contributed by atoms with Crippen LogP contribution in [0.5, 0.6) is 0 Å². The van der Waals surface area contributed by atoms with Crippen LogP contribution < -0.4 is 0 Å². The Kier molecular flexibility index (Phi) is 1.96. The van der Waals surface area contributed by atoms with Crippen LogP contribution in [-0.2, 0) is 5.60 Å². The predicted octanol–water partition coefficient (Wildman–Crippen LogP) is 2.88. The fraction of sp³-hybridized carbons (Fsp3) is 0.400. The van der Waals surface area contributed by atoms with Crippen molar-refractivity contribution in [3.8, 4) is 0 Å². The maximum Gasteiger partial charge on any atom is 0.133 e. The summed E-state index contributed by atoms with van der Waals surface area (Å²) in [7, 11) is 0. The topological polar surface area (TPSA) is 20.2 Å². The minimum Gasteiger partial charge on any atom is -0.385 e. The van der Waals surface area contributed by atoms with Gasteiger partial charge in [0, 0.05) is 10.0 Å². The number of hydrogen-bond acceptors (Lipinski definition) is 1. The van der Waals surface area contributed by atoms with E-state index in [1.165, 1.54) is 0 Å². The average molecular weight is 245 g/mol. The SMILES string of the molecule is Cc1c(Br)ccc(C2(O)CC2)c1F. The molecule has 1 aromatic carbocycles. The molecular formula is C10H10BrFO. The zero-order chi connectivity index (χ0) is 9.64. The molecule has 0 heterocycles. The van der Waals surface area contributed by atoms with Gasteiger partial charge < -0.3 is 5.11 Å². The lowest BCUT2D eigenvalue weighted by molar-refractivity contribution is 0.146. The molecule has 13 heavy (non-hydrogen) atoms. The Morgan fingerprint density at radius 2 is 2.08 bits per heavy atom. The van der Waals surface area contributed by atoms with E-state index in [1.807, 2.05) is 0 Å². The summed E-state index contributed by atoms with van der Waals surface area (Å²) in [6, 6.07) is 3.43. The molecule has 2 rings (SSSR count). The maximum absolute atomic E-state index is 13.6. The molecule has 1 N–H and O–H groups in total. The second kappa shape index (κ2) is 2.79. The van der Waals surface area contributed by atoms with Gasteiger partial charge in [0.25, 0.3) is 0 Å². The first-order chi connectivity index (χ1) is 6.04. The Hall–Kier alpha value is -0.410. The van der Waals surface area contributed by atoms with Crippen molar-refractivity contribution in [1.29, 1.82) is 0 Å². The third-order valence-corrected chi connectivity index (χ3v) is 3.40. The largest absolute Gasteiger partial charge is 0.385 e. The van der Waals surface area contributed by atoms with Gasteiger partial charge in [-0.15, -0.1) is 0 Å². The van der Waals surface area contributed by atoms with Crippen LogP contribution in [-0.4, -0.2) is 5.11 Å². The summed E-state index contributed by atoms with van der Waals surface area (Å²) < 4.78 is 14.4. The number of benzene rings is 1. The monoisotopic (exact) mass is 244 g/mol. The highest BCUT2D eigenvalue weighted by Crippen LogP contribution is 2.47. The Labute approximate surface area is 84.7 Å². The van der Waals surface area contributed by atoms with Crippen LogP contribution in [0.15, 0.2) is 16.6 Å². The van der Waals surface area contributed by atoms with E-state index in [0.717, 1.165) is 4.47 Å². The molecule has 0 unspecified atom stereocenters. The van der Waals surface area contributed by atoms with Gasteiger partial charge >= 0.3 is 0 Å². The molecule has 1 fully saturated rings. The molecule has 0 bridgehead atoms. The molecule has 0 radical (unpaired) electrons. The maximum atomic E-state index is 13.6. The minimum atomic E-state index is -0.879. The molecule has 1 aromatic rings. The quantitative estimate of drug-likeness (QED) is 0.806. The second-order valence-electron chi connectivity index (χ2n) is 3.57. The highest BCUT2D eigenvalue weighted by molar-refractivity contribution is 9.10. The van der Waals surface area contributed by atoms with E-state index in [4.69, 9.17) is 0 Å². The highest BCUT2D eigenvalue weighted by atomic mass is 79.9. The van der Waals surface area contributed by atoms with Gasteiger partial charge in [0.1, 0.15) is 5.82 Å². The van der Waals surface area contributed by atoms with Gasteiger partial charge in [0.2, 0.25) is 0 Å². The molecule has 1 aliphatic carbocycles. The molecule has 0 saturated heterocycles. The third kappa shape index (κ3) is 1.40. The van der Waals surface area contributed by atoms with E-state index in [2.05, 4.69) is 15.9 Å². The molecule has 0 atom stereocenters. The smallest absolute Gasteiger partial charge is 0.133 e. The Bertz CT molecular complexity index is 358. The number of hydrogen-bond donors (Lipinski definition) is 1. The summed E-state index contributed by atoms with van der Waals surface area (Å²) in [5.41, 5.74) is 0.126. The van der Waals surface area contributed by atoms with Gasteiger partial charge in [0.05, 0.1) is 5.60 Å². The average Bonchev–Trinajstić information content (AvgIpc) is 2.80. The van der Waals surface area contributed by atoms with Gasteiger partial charge in [-0.2, -0.15) is 0 Å². The van der Waals surface area contributed by atoms with Crippen molar-refractivity contribution in [2.24, 2.45) is 0 Å². The lowest BCUT2D eigenvalue weighted by Gasteiger charge is -2.11. The van der Waals surface area contributed by atoms with Crippen LogP contribution in [0.25, 0.3) is 0 Å². The van der Waals surface area contributed by atoms with E-state index in [9.17, 15) is 9.50 Å². The van der Waals surface area contributed by atoms with Crippen molar-refractivity contribution in [2.45, 2.75) is 25.4 Å². The summed E-state index contributed by atoms with van der Waals surface area (Å²) in [4.78, 5) is 0. The van der Waals surface area contributed by atoms with Crippen LogP contribution in [0.2, 0.25) is 0 Å². The zero-order valence-electron chi connectivity index (χ0n) is 7.27. The lowest BCUT2D eigenvalue weighted by atomic mass is 10.0. The molecule has 70 valence electrons. The summed E-state index contributed by atoms with van der Waals surface area (Å²) >= 11 is 3.25. The molecule has 0 aliphatic heterocycles. The van der Waals surface area contributed by atoms with Crippen molar-refractivity contribution in [1.82, 2.24) is 0 Å². The van der Waals surface area contributed by atoms with E-state index in [0.29, 0.717) is 24.0 Å². The van der Waals surface area contributed by atoms with E-state index in [1.54, 1.807) is 19.1 Å². The molecule has 1 nitrogen and oxygen atoms in total. The Morgan fingerprint density at radius 1 is 1.46 bits per heavy atom. The first kappa shape index (κ1) is 9.16. The van der Waals surface area contributed by atoms with Crippen LogP contribution in [0.4, 0.5) is 4.39 Å². The van der Waals surface area contributed by atoms with Gasteiger partial charge in [-0.25, -0.2) is 4.39 Å². The van der Waals surface area contributed by atoms with Crippen molar-refractivity contribution in [3.05, 3.63) is 33.5 Å². The van der Waals surface area contributed by atoms with E-state index >= 15 is 0 Å². The Morgan fingerprint density at radius 3 is 2.62 bits per heavy atom. The Balaban J connectivity index is 2.54. The minimum absolute atomic E-state index is 0.283. The lowest BCUT2D eigenvalue weighted by Crippen LogP contribution is -2.08. The molecule has 3 heteroatoms. The van der Waals surface area contributed by atoms with Crippen LogP contribution in [0, 0.1) is 12.7 Å². The van der Waals surface area contributed by atoms with Gasteiger partial charge in [-0.05, 0) is 31.4 Å². The standard InChI is InChI=1S/C10H10BrFO/c1-6-8(11)3-2-7(9(6)12)10(13)4-5-10/h2-3,13H,4-5H2,1H3. The first-order valence-corrected chi connectivity index (χ1v) is 5.01. The molecule has 0 spiro atoms. The molecule has 1 aliphatic rings. The normalized spacial score (nSPS) is 18.8.